The predicted molar refractivity (Wildman–Crippen MR) is 79.7 cm³/mol. The summed E-state index contributed by atoms with van der Waals surface area (Å²) in [6.07, 6.45) is -1.93. The smallest absolute Gasteiger partial charge is 0.430 e. The van der Waals surface area contributed by atoms with Gasteiger partial charge in [-0.05, 0) is 12.1 Å². The van der Waals surface area contributed by atoms with Crippen molar-refractivity contribution >= 4 is 11.8 Å². The molecule has 1 aromatic carbocycles. The molecule has 0 spiro atoms. The highest BCUT2D eigenvalue weighted by molar-refractivity contribution is 5.64. The van der Waals surface area contributed by atoms with Gasteiger partial charge in [-0.2, -0.15) is 0 Å². The number of ether oxygens (including phenoxy) is 4. The highest BCUT2D eigenvalue weighted by Crippen LogP contribution is 2.35. The van der Waals surface area contributed by atoms with Gasteiger partial charge in [-0.3, -0.25) is 10.1 Å². The summed E-state index contributed by atoms with van der Waals surface area (Å²) in [6.45, 7) is 0.636. The topological polar surface area (TPSA) is 116 Å². The standard InChI is InChI=1S/C15H17NO9/c1-20-25-12-8-22-14-13(12)11(6-7-21-14)24-15(17)23-10-4-2-9(3-5-10)16(18)19/h2-5,11-14H,6-8H2,1H3/t11-,12-,13+,14-/m0/s1. The van der Waals surface area contributed by atoms with Gasteiger partial charge in [0.25, 0.3) is 5.69 Å². The van der Waals surface area contributed by atoms with Crippen molar-refractivity contribution in [2.45, 2.75) is 24.9 Å². The molecule has 0 saturated carbocycles. The minimum Gasteiger partial charge on any atom is -0.430 e. The first-order valence-electron chi connectivity index (χ1n) is 7.64. The normalized spacial score (nSPS) is 28.2. The molecule has 0 aliphatic carbocycles. The van der Waals surface area contributed by atoms with Gasteiger partial charge in [0, 0.05) is 18.6 Å². The Kier molecular flexibility index (Phi) is 5.43. The summed E-state index contributed by atoms with van der Waals surface area (Å²) in [6, 6.07) is 5.12. The monoisotopic (exact) mass is 355 g/mol. The lowest BCUT2D eigenvalue weighted by Crippen LogP contribution is -2.45. The Morgan fingerprint density at radius 1 is 1.24 bits per heavy atom. The van der Waals surface area contributed by atoms with Crippen LogP contribution in [0.2, 0.25) is 0 Å². The van der Waals surface area contributed by atoms with E-state index in [-0.39, 0.29) is 24.0 Å². The second-order valence-electron chi connectivity index (χ2n) is 5.50. The molecule has 0 N–H and O–H groups in total. The molecule has 0 aromatic heterocycles. The van der Waals surface area contributed by atoms with E-state index in [1.165, 1.54) is 31.4 Å². The van der Waals surface area contributed by atoms with Crippen LogP contribution in [0.3, 0.4) is 0 Å². The Morgan fingerprint density at radius 3 is 2.68 bits per heavy atom. The maximum atomic E-state index is 12.0. The van der Waals surface area contributed by atoms with E-state index in [1.54, 1.807) is 0 Å². The van der Waals surface area contributed by atoms with Crippen molar-refractivity contribution in [3.8, 4) is 5.75 Å². The van der Waals surface area contributed by atoms with E-state index in [2.05, 4.69) is 0 Å². The number of nitro groups is 1. The fourth-order valence-electron chi connectivity index (χ4n) is 2.89. The number of benzene rings is 1. The molecule has 136 valence electrons. The third-order valence-electron chi connectivity index (χ3n) is 4.00. The molecular formula is C15H17NO9. The Morgan fingerprint density at radius 2 is 2.00 bits per heavy atom. The van der Waals surface area contributed by atoms with Crippen LogP contribution >= 0.6 is 0 Å². The number of nitrogens with zero attached hydrogens (tertiary/aromatic N) is 1. The van der Waals surface area contributed by atoms with Gasteiger partial charge in [0.2, 0.25) is 0 Å². The molecule has 2 fully saturated rings. The molecule has 25 heavy (non-hydrogen) atoms. The third kappa shape index (κ3) is 4.04. The molecule has 0 bridgehead atoms. The Labute approximate surface area is 142 Å². The molecule has 10 nitrogen and oxygen atoms in total. The van der Waals surface area contributed by atoms with E-state index >= 15 is 0 Å². The zero-order valence-corrected chi connectivity index (χ0v) is 13.4. The van der Waals surface area contributed by atoms with Gasteiger partial charge in [0.15, 0.2) is 6.29 Å². The lowest BCUT2D eigenvalue weighted by Gasteiger charge is -2.33. The summed E-state index contributed by atoms with van der Waals surface area (Å²) in [5.74, 6) is -0.190. The minimum absolute atomic E-state index is 0.101. The second-order valence-corrected chi connectivity index (χ2v) is 5.50. The zero-order chi connectivity index (χ0) is 17.8. The number of rotatable bonds is 5. The fraction of sp³-hybridized carbons (Fsp3) is 0.533. The molecule has 2 heterocycles. The van der Waals surface area contributed by atoms with Crippen molar-refractivity contribution in [3.05, 3.63) is 34.4 Å². The van der Waals surface area contributed by atoms with E-state index < -0.39 is 29.6 Å². The summed E-state index contributed by atoms with van der Waals surface area (Å²) in [7, 11) is 1.38. The highest BCUT2D eigenvalue weighted by atomic mass is 17.2. The second kappa shape index (κ2) is 7.74. The van der Waals surface area contributed by atoms with E-state index in [1.807, 2.05) is 0 Å². The van der Waals surface area contributed by atoms with Crippen LogP contribution in [0.5, 0.6) is 5.75 Å². The van der Waals surface area contributed by atoms with Gasteiger partial charge in [0.05, 0.1) is 31.2 Å². The quantitative estimate of drug-likeness (QED) is 0.256. The van der Waals surface area contributed by atoms with Crippen LogP contribution in [0.15, 0.2) is 24.3 Å². The number of carbonyl (C=O) groups is 1. The van der Waals surface area contributed by atoms with E-state index in [0.717, 1.165) is 0 Å². The van der Waals surface area contributed by atoms with Gasteiger partial charge in [-0.15, -0.1) is 0 Å². The predicted octanol–water partition coefficient (Wildman–Crippen LogP) is 1.82. The average molecular weight is 355 g/mol. The maximum Gasteiger partial charge on any atom is 0.514 e. The number of hydrogen-bond donors (Lipinski definition) is 0. The molecule has 2 aliphatic heterocycles. The summed E-state index contributed by atoms with van der Waals surface area (Å²) in [4.78, 5) is 31.9. The van der Waals surface area contributed by atoms with E-state index in [0.29, 0.717) is 13.0 Å². The molecule has 0 unspecified atom stereocenters. The van der Waals surface area contributed by atoms with Crippen LogP contribution in [-0.4, -0.2) is 49.9 Å². The van der Waals surface area contributed by atoms with Crippen molar-refractivity contribution < 1.29 is 38.4 Å². The summed E-state index contributed by atoms with van der Waals surface area (Å²) in [5, 5.41) is 10.6. The van der Waals surface area contributed by atoms with Crippen LogP contribution in [-0.2, 0) is 24.0 Å². The van der Waals surface area contributed by atoms with Crippen molar-refractivity contribution in [1.82, 2.24) is 0 Å². The number of non-ortho nitro benzene ring substituents is 1. The minimum atomic E-state index is -0.914. The number of fused-ring (bicyclic) bond motifs is 1. The zero-order valence-electron chi connectivity index (χ0n) is 13.4. The van der Waals surface area contributed by atoms with Gasteiger partial charge in [-0.1, -0.05) is 0 Å². The number of hydrogen-bond acceptors (Lipinski definition) is 9. The summed E-state index contributed by atoms with van der Waals surface area (Å²) < 4.78 is 21.4. The Balaban J connectivity index is 1.60. The molecule has 1 aromatic rings. The largest absolute Gasteiger partial charge is 0.514 e. The van der Waals surface area contributed by atoms with Gasteiger partial charge in [-0.25, -0.2) is 14.6 Å². The molecule has 2 saturated heterocycles. The molecular weight excluding hydrogens is 338 g/mol. The Bertz CT molecular complexity index is 620. The van der Waals surface area contributed by atoms with Gasteiger partial charge >= 0.3 is 6.16 Å². The number of nitro benzene ring substituents is 1. The van der Waals surface area contributed by atoms with E-state index in [9.17, 15) is 14.9 Å². The van der Waals surface area contributed by atoms with Crippen LogP contribution in [0.4, 0.5) is 10.5 Å². The molecule has 10 heteroatoms. The molecule has 3 rings (SSSR count). The number of carbonyl (C=O) groups excluding carboxylic acids is 1. The SMILES string of the molecule is COO[C@H]1CO[C@@H]2OCC[C@H](OC(=O)Oc3ccc([N+](=O)[O-])cc3)[C@@H]21. The highest BCUT2D eigenvalue weighted by Gasteiger charge is 2.49. The van der Waals surface area contributed by atoms with Crippen molar-refractivity contribution in [3.63, 3.8) is 0 Å². The van der Waals surface area contributed by atoms with Crippen molar-refractivity contribution in [2.75, 3.05) is 20.3 Å². The average Bonchev–Trinajstić information content (AvgIpc) is 3.00. The van der Waals surface area contributed by atoms with Crippen molar-refractivity contribution in [1.29, 1.82) is 0 Å². The molecule has 2 aliphatic rings. The molecule has 4 atom stereocenters. The fourth-order valence-corrected chi connectivity index (χ4v) is 2.89. The van der Waals surface area contributed by atoms with Gasteiger partial charge < -0.3 is 18.9 Å². The molecule has 0 amide bonds. The first kappa shape index (κ1) is 17.5. The molecule has 0 radical (unpaired) electrons. The first-order chi connectivity index (χ1) is 12.1. The maximum absolute atomic E-state index is 12.0. The van der Waals surface area contributed by atoms with E-state index in [4.69, 9.17) is 28.7 Å². The summed E-state index contributed by atoms with van der Waals surface area (Å²) in [5.41, 5.74) is -0.101. The lowest BCUT2D eigenvalue weighted by atomic mass is 9.93. The van der Waals surface area contributed by atoms with Crippen LogP contribution in [0.1, 0.15) is 6.42 Å². The van der Waals surface area contributed by atoms with Crippen LogP contribution in [0.25, 0.3) is 0 Å². The van der Waals surface area contributed by atoms with Crippen molar-refractivity contribution in [2.24, 2.45) is 5.92 Å². The first-order valence-corrected chi connectivity index (χ1v) is 7.64. The summed E-state index contributed by atoms with van der Waals surface area (Å²) >= 11 is 0. The van der Waals surface area contributed by atoms with Crippen LogP contribution in [0, 0.1) is 16.0 Å². The van der Waals surface area contributed by atoms with Gasteiger partial charge in [0.1, 0.15) is 18.0 Å². The van der Waals surface area contributed by atoms with Crippen LogP contribution < -0.4 is 4.74 Å². The Hall–Kier alpha value is -2.27. The third-order valence-corrected chi connectivity index (χ3v) is 4.00. The lowest BCUT2D eigenvalue weighted by molar-refractivity contribution is -0.384.